The third kappa shape index (κ3) is 1.40. The van der Waals surface area contributed by atoms with E-state index in [2.05, 4.69) is 0 Å². The Bertz CT molecular complexity index is 503. The molecule has 0 radical (unpaired) electrons. The summed E-state index contributed by atoms with van der Waals surface area (Å²) >= 11 is 0. The maximum absolute atomic E-state index is 11.2. The van der Waals surface area contributed by atoms with Crippen LogP contribution in [0.15, 0.2) is 0 Å². The highest BCUT2D eigenvalue weighted by atomic mass is 16.5. The molecule has 2 aliphatic rings. The van der Waals surface area contributed by atoms with Gasteiger partial charge in [0.15, 0.2) is 0 Å². The minimum absolute atomic E-state index is 0.582. The average molecular weight is 249 g/mol. The first-order valence-electron chi connectivity index (χ1n) is 6.03. The molecule has 2 aliphatic heterocycles. The van der Waals surface area contributed by atoms with Gasteiger partial charge in [-0.05, 0) is 12.5 Å². The molecule has 5 nitrogen and oxygen atoms in total. The smallest absolute Gasteiger partial charge is 0.325 e. The second-order valence-corrected chi connectivity index (χ2v) is 4.67. The Balaban J connectivity index is 2.27. The van der Waals surface area contributed by atoms with E-state index in [-0.39, 0.29) is 0 Å². The zero-order valence-electron chi connectivity index (χ0n) is 10.2. The first-order chi connectivity index (χ1) is 8.61. The summed E-state index contributed by atoms with van der Waals surface area (Å²) in [7, 11) is 0. The minimum Gasteiger partial charge on any atom is -0.493 e. The van der Waals surface area contributed by atoms with Gasteiger partial charge in [-0.15, -0.1) is 0 Å². The number of carboxylic acids is 1. The summed E-state index contributed by atoms with van der Waals surface area (Å²) in [5.74, 6) is 0.447. The van der Waals surface area contributed by atoms with Crippen LogP contribution in [0, 0.1) is 6.92 Å². The van der Waals surface area contributed by atoms with E-state index in [0.29, 0.717) is 30.9 Å². The molecule has 1 aromatic rings. The maximum atomic E-state index is 11.2. The molecule has 0 fully saturated rings. The van der Waals surface area contributed by atoms with Crippen molar-refractivity contribution >= 4 is 5.97 Å². The van der Waals surface area contributed by atoms with E-state index in [9.17, 15) is 4.79 Å². The lowest BCUT2D eigenvalue weighted by atomic mass is 9.91. The van der Waals surface area contributed by atoms with E-state index in [4.69, 9.17) is 20.3 Å². The van der Waals surface area contributed by atoms with Crippen LogP contribution in [-0.4, -0.2) is 24.3 Å². The quantitative estimate of drug-likeness (QED) is 0.815. The van der Waals surface area contributed by atoms with Gasteiger partial charge in [0.2, 0.25) is 0 Å². The molecular formula is C13H15NO4. The average Bonchev–Trinajstić information content (AvgIpc) is 2.96. The Morgan fingerprint density at radius 3 is 2.50 bits per heavy atom. The maximum Gasteiger partial charge on any atom is 0.325 e. The first-order valence-corrected chi connectivity index (χ1v) is 6.03. The highest BCUT2D eigenvalue weighted by Crippen LogP contribution is 2.45. The normalized spacial score (nSPS) is 17.7. The molecular weight excluding hydrogens is 234 g/mol. The number of carbonyl (C=O) groups is 1. The van der Waals surface area contributed by atoms with Gasteiger partial charge in [-0.3, -0.25) is 4.79 Å². The van der Waals surface area contributed by atoms with E-state index >= 15 is 0 Å². The van der Waals surface area contributed by atoms with Crippen molar-refractivity contribution in [2.24, 2.45) is 5.73 Å². The number of benzene rings is 1. The van der Waals surface area contributed by atoms with Crippen molar-refractivity contribution in [3.8, 4) is 11.5 Å². The van der Waals surface area contributed by atoms with Crippen molar-refractivity contribution in [3.05, 3.63) is 22.3 Å². The molecule has 0 amide bonds. The number of rotatable bonds is 2. The van der Waals surface area contributed by atoms with E-state index in [1.54, 1.807) is 0 Å². The molecule has 1 unspecified atom stereocenters. The SMILES string of the molecule is Cc1c2c(c(C(N)C(=O)O)c3c1OCC3)OCC2. The van der Waals surface area contributed by atoms with Gasteiger partial charge >= 0.3 is 5.97 Å². The molecule has 5 heteroatoms. The summed E-state index contributed by atoms with van der Waals surface area (Å²) in [4.78, 5) is 11.2. The van der Waals surface area contributed by atoms with E-state index in [1.807, 2.05) is 6.92 Å². The predicted molar refractivity (Wildman–Crippen MR) is 64.1 cm³/mol. The molecule has 0 aliphatic carbocycles. The number of ether oxygens (including phenoxy) is 2. The largest absolute Gasteiger partial charge is 0.493 e. The number of fused-ring (bicyclic) bond motifs is 2. The molecule has 3 rings (SSSR count). The van der Waals surface area contributed by atoms with Crippen molar-refractivity contribution in [2.45, 2.75) is 25.8 Å². The van der Waals surface area contributed by atoms with Gasteiger partial charge < -0.3 is 20.3 Å². The zero-order valence-corrected chi connectivity index (χ0v) is 10.2. The summed E-state index contributed by atoms with van der Waals surface area (Å²) in [5, 5.41) is 9.15. The molecule has 0 spiro atoms. The molecule has 0 aromatic heterocycles. The van der Waals surface area contributed by atoms with Crippen molar-refractivity contribution in [1.29, 1.82) is 0 Å². The first kappa shape index (κ1) is 11.3. The summed E-state index contributed by atoms with van der Waals surface area (Å²) in [6.45, 7) is 3.16. The Hall–Kier alpha value is -1.75. The van der Waals surface area contributed by atoms with Crippen molar-refractivity contribution < 1.29 is 19.4 Å². The fourth-order valence-electron chi connectivity index (χ4n) is 2.83. The van der Waals surface area contributed by atoms with E-state index in [0.717, 1.165) is 28.9 Å². The molecule has 0 saturated carbocycles. The number of nitrogens with two attached hydrogens (primary N) is 1. The van der Waals surface area contributed by atoms with E-state index < -0.39 is 12.0 Å². The monoisotopic (exact) mass is 249 g/mol. The molecule has 18 heavy (non-hydrogen) atoms. The molecule has 2 heterocycles. The van der Waals surface area contributed by atoms with Crippen LogP contribution in [0.25, 0.3) is 0 Å². The Labute approximate surface area is 104 Å². The lowest BCUT2D eigenvalue weighted by Gasteiger charge is -2.18. The van der Waals surface area contributed by atoms with Crippen molar-refractivity contribution in [3.63, 3.8) is 0 Å². The highest BCUT2D eigenvalue weighted by Gasteiger charge is 2.34. The fourth-order valence-corrected chi connectivity index (χ4v) is 2.83. The molecule has 96 valence electrons. The fraction of sp³-hybridized carbons (Fsp3) is 0.462. The molecule has 0 bridgehead atoms. The second-order valence-electron chi connectivity index (χ2n) is 4.67. The second kappa shape index (κ2) is 3.88. The summed E-state index contributed by atoms with van der Waals surface area (Å²) < 4.78 is 11.2. The van der Waals surface area contributed by atoms with Crippen LogP contribution in [-0.2, 0) is 17.6 Å². The van der Waals surface area contributed by atoms with Crippen LogP contribution < -0.4 is 15.2 Å². The summed E-state index contributed by atoms with van der Waals surface area (Å²) in [6, 6.07) is -1.05. The number of carboxylic acid groups (broad SMARTS) is 1. The Morgan fingerprint density at radius 1 is 1.22 bits per heavy atom. The van der Waals surface area contributed by atoms with Crippen LogP contribution in [0.3, 0.4) is 0 Å². The van der Waals surface area contributed by atoms with Gasteiger partial charge in [-0.1, -0.05) is 0 Å². The molecule has 3 N–H and O–H groups in total. The standard InChI is InChI=1S/C13H15NO4/c1-6-7-2-4-18-12(7)9(10(14)13(15)16)8-3-5-17-11(6)8/h10H,2-5,14H2,1H3,(H,15,16). The van der Waals surface area contributed by atoms with E-state index in [1.165, 1.54) is 0 Å². The summed E-state index contributed by atoms with van der Waals surface area (Å²) in [5.41, 5.74) is 9.42. The minimum atomic E-state index is -1.05. The number of hydrogen-bond donors (Lipinski definition) is 2. The highest BCUT2D eigenvalue weighted by molar-refractivity contribution is 5.79. The van der Waals surface area contributed by atoms with Crippen LogP contribution in [0.5, 0.6) is 11.5 Å². The Morgan fingerprint density at radius 2 is 1.83 bits per heavy atom. The van der Waals surface area contributed by atoms with Crippen LogP contribution >= 0.6 is 0 Å². The van der Waals surface area contributed by atoms with Gasteiger partial charge in [0.1, 0.15) is 17.5 Å². The topological polar surface area (TPSA) is 81.8 Å². The van der Waals surface area contributed by atoms with Crippen molar-refractivity contribution in [1.82, 2.24) is 0 Å². The van der Waals surface area contributed by atoms with Gasteiger partial charge in [0.05, 0.1) is 13.2 Å². The Kier molecular flexibility index (Phi) is 2.45. The lowest BCUT2D eigenvalue weighted by molar-refractivity contribution is -0.138. The third-order valence-electron chi connectivity index (χ3n) is 3.69. The molecule has 1 aromatic carbocycles. The van der Waals surface area contributed by atoms with Crippen LogP contribution in [0.1, 0.15) is 28.3 Å². The van der Waals surface area contributed by atoms with Gasteiger partial charge in [-0.2, -0.15) is 0 Å². The zero-order chi connectivity index (χ0) is 12.9. The van der Waals surface area contributed by atoms with Gasteiger partial charge in [0.25, 0.3) is 0 Å². The number of hydrogen-bond acceptors (Lipinski definition) is 4. The van der Waals surface area contributed by atoms with Crippen LogP contribution in [0.2, 0.25) is 0 Å². The molecule has 0 saturated heterocycles. The summed E-state index contributed by atoms with van der Waals surface area (Å²) in [6.07, 6.45) is 1.49. The molecule has 1 atom stereocenters. The number of aliphatic carboxylic acids is 1. The van der Waals surface area contributed by atoms with Crippen molar-refractivity contribution in [2.75, 3.05) is 13.2 Å². The lowest BCUT2D eigenvalue weighted by Crippen LogP contribution is -2.22. The predicted octanol–water partition coefficient (Wildman–Crippen LogP) is 0.949. The third-order valence-corrected chi connectivity index (χ3v) is 3.69. The van der Waals surface area contributed by atoms with Gasteiger partial charge in [0, 0.05) is 29.5 Å². The van der Waals surface area contributed by atoms with Gasteiger partial charge in [-0.25, -0.2) is 0 Å². The van der Waals surface area contributed by atoms with Crippen LogP contribution in [0.4, 0.5) is 0 Å².